The van der Waals surface area contributed by atoms with Gasteiger partial charge in [-0.05, 0) is 17.8 Å². The van der Waals surface area contributed by atoms with Gasteiger partial charge in [-0.3, -0.25) is 4.79 Å². The summed E-state index contributed by atoms with van der Waals surface area (Å²) in [5.41, 5.74) is 0. The van der Waals surface area contributed by atoms with E-state index < -0.39 is 21.7 Å². The monoisotopic (exact) mass is 220 g/mol. The summed E-state index contributed by atoms with van der Waals surface area (Å²) in [5, 5.41) is 17.8. The van der Waals surface area contributed by atoms with Gasteiger partial charge < -0.3 is 10.2 Å². The van der Waals surface area contributed by atoms with Crippen LogP contribution in [-0.4, -0.2) is 42.7 Å². The lowest BCUT2D eigenvalue weighted by Gasteiger charge is -2.44. The van der Waals surface area contributed by atoms with Gasteiger partial charge in [0.1, 0.15) is 0 Å². The topological polar surface area (TPSA) is 91.7 Å². The molecule has 1 saturated carbocycles. The summed E-state index contributed by atoms with van der Waals surface area (Å²) in [7, 11) is -3.07. The van der Waals surface area contributed by atoms with Crippen LogP contribution in [0.25, 0.3) is 0 Å². The lowest BCUT2D eigenvalue weighted by Crippen LogP contribution is -2.51. The van der Waals surface area contributed by atoms with Gasteiger partial charge in [0.15, 0.2) is 9.84 Å². The number of aliphatic hydroxyl groups is 1. The number of carboxylic acids is 1. The molecule has 2 rings (SSSR count). The maximum absolute atomic E-state index is 11.2. The second kappa shape index (κ2) is 2.93. The van der Waals surface area contributed by atoms with Crippen LogP contribution in [0.1, 0.15) is 0 Å². The molecule has 0 spiro atoms. The van der Waals surface area contributed by atoms with Crippen molar-refractivity contribution in [3.63, 3.8) is 0 Å². The summed E-state index contributed by atoms with van der Waals surface area (Å²) in [6, 6.07) is 0. The largest absolute Gasteiger partial charge is 0.481 e. The second-order valence-corrected chi connectivity index (χ2v) is 6.27. The molecule has 1 saturated heterocycles. The Morgan fingerprint density at radius 1 is 1.29 bits per heavy atom. The number of rotatable bonds is 2. The van der Waals surface area contributed by atoms with Crippen molar-refractivity contribution in [2.24, 2.45) is 23.7 Å². The summed E-state index contributed by atoms with van der Waals surface area (Å²) >= 11 is 0. The summed E-state index contributed by atoms with van der Waals surface area (Å²) < 4.78 is 22.5. The van der Waals surface area contributed by atoms with Crippen molar-refractivity contribution in [2.45, 2.75) is 0 Å². The van der Waals surface area contributed by atoms with Gasteiger partial charge in [0.25, 0.3) is 0 Å². The lowest BCUT2D eigenvalue weighted by atomic mass is 9.58. The molecule has 0 aromatic rings. The van der Waals surface area contributed by atoms with Crippen LogP contribution in [0.3, 0.4) is 0 Å². The Balaban J connectivity index is 2.21. The van der Waals surface area contributed by atoms with E-state index in [0.29, 0.717) is 0 Å². The molecule has 0 bridgehead atoms. The fourth-order valence-electron chi connectivity index (χ4n) is 2.77. The average molecular weight is 220 g/mol. The highest BCUT2D eigenvalue weighted by molar-refractivity contribution is 7.91. The SMILES string of the molecule is O=C(O)[C@@H]1[C@H](CO)[C@@H]2CS(=O)(=O)C[C@H]21. The quantitative estimate of drug-likeness (QED) is 0.621. The van der Waals surface area contributed by atoms with Crippen molar-refractivity contribution in [1.29, 1.82) is 0 Å². The van der Waals surface area contributed by atoms with Crippen LogP contribution in [0.5, 0.6) is 0 Å². The van der Waals surface area contributed by atoms with E-state index in [2.05, 4.69) is 0 Å². The molecule has 0 unspecified atom stereocenters. The van der Waals surface area contributed by atoms with E-state index in [1.165, 1.54) is 0 Å². The molecule has 6 heteroatoms. The van der Waals surface area contributed by atoms with Crippen LogP contribution in [0.2, 0.25) is 0 Å². The van der Waals surface area contributed by atoms with E-state index in [1.54, 1.807) is 0 Å². The predicted molar refractivity (Wildman–Crippen MR) is 47.3 cm³/mol. The number of sulfone groups is 1. The maximum Gasteiger partial charge on any atom is 0.307 e. The fourth-order valence-corrected chi connectivity index (χ4v) is 5.02. The smallest absolute Gasteiger partial charge is 0.307 e. The highest BCUT2D eigenvalue weighted by Gasteiger charge is 2.59. The van der Waals surface area contributed by atoms with Crippen LogP contribution >= 0.6 is 0 Å². The molecule has 0 aromatic heterocycles. The highest BCUT2D eigenvalue weighted by atomic mass is 32.2. The number of aliphatic hydroxyl groups excluding tert-OH is 1. The summed E-state index contributed by atoms with van der Waals surface area (Å²) in [6.45, 7) is -0.229. The molecule has 80 valence electrons. The van der Waals surface area contributed by atoms with Crippen molar-refractivity contribution >= 4 is 15.8 Å². The third-order valence-electron chi connectivity index (χ3n) is 3.41. The lowest BCUT2D eigenvalue weighted by molar-refractivity contribution is -0.158. The van der Waals surface area contributed by atoms with E-state index in [-0.39, 0.29) is 35.9 Å². The van der Waals surface area contributed by atoms with Gasteiger partial charge in [0, 0.05) is 6.61 Å². The average Bonchev–Trinajstić information content (AvgIpc) is 2.28. The minimum Gasteiger partial charge on any atom is -0.481 e. The number of carboxylic acid groups (broad SMARTS) is 1. The Morgan fingerprint density at radius 2 is 1.86 bits per heavy atom. The van der Waals surface area contributed by atoms with Crippen LogP contribution < -0.4 is 0 Å². The molecule has 4 atom stereocenters. The first kappa shape index (κ1) is 9.92. The second-order valence-electron chi connectivity index (χ2n) is 4.12. The first-order valence-electron chi connectivity index (χ1n) is 4.50. The van der Waals surface area contributed by atoms with Crippen LogP contribution in [0.4, 0.5) is 0 Å². The molecule has 1 aliphatic heterocycles. The van der Waals surface area contributed by atoms with Gasteiger partial charge in [-0.1, -0.05) is 0 Å². The normalized spacial score (nSPS) is 44.1. The fraction of sp³-hybridized carbons (Fsp3) is 0.875. The molecule has 5 nitrogen and oxygen atoms in total. The van der Waals surface area contributed by atoms with Gasteiger partial charge >= 0.3 is 5.97 Å². The number of fused-ring (bicyclic) bond motifs is 1. The molecule has 0 amide bonds. The van der Waals surface area contributed by atoms with E-state index >= 15 is 0 Å². The van der Waals surface area contributed by atoms with Gasteiger partial charge in [-0.15, -0.1) is 0 Å². The van der Waals surface area contributed by atoms with E-state index in [9.17, 15) is 13.2 Å². The van der Waals surface area contributed by atoms with Crippen molar-refractivity contribution in [2.75, 3.05) is 18.1 Å². The molecular weight excluding hydrogens is 208 g/mol. The van der Waals surface area contributed by atoms with Crippen LogP contribution in [0, 0.1) is 23.7 Å². The van der Waals surface area contributed by atoms with Gasteiger partial charge in [-0.2, -0.15) is 0 Å². The number of hydrogen-bond acceptors (Lipinski definition) is 4. The minimum atomic E-state index is -3.07. The molecule has 0 aromatic carbocycles. The van der Waals surface area contributed by atoms with Crippen molar-refractivity contribution in [3.8, 4) is 0 Å². The Hall–Kier alpha value is -0.620. The molecule has 1 heterocycles. The number of hydrogen-bond donors (Lipinski definition) is 2. The van der Waals surface area contributed by atoms with Gasteiger partial charge in [-0.25, -0.2) is 8.42 Å². The molecule has 2 fully saturated rings. The van der Waals surface area contributed by atoms with Crippen molar-refractivity contribution < 1.29 is 23.4 Å². The Labute approximate surface area is 81.7 Å². The first-order chi connectivity index (χ1) is 6.46. The third-order valence-corrected chi connectivity index (χ3v) is 5.20. The summed E-state index contributed by atoms with van der Waals surface area (Å²) in [5.74, 6) is -2.39. The maximum atomic E-state index is 11.2. The first-order valence-corrected chi connectivity index (χ1v) is 6.32. The highest BCUT2D eigenvalue weighted by Crippen LogP contribution is 2.51. The Kier molecular flexibility index (Phi) is 2.08. The molecule has 14 heavy (non-hydrogen) atoms. The summed E-state index contributed by atoms with van der Waals surface area (Å²) in [4.78, 5) is 10.8. The predicted octanol–water partition coefficient (Wildman–Crippen LogP) is -1.03. The zero-order valence-corrected chi connectivity index (χ0v) is 8.27. The van der Waals surface area contributed by atoms with Gasteiger partial charge in [0.05, 0.1) is 17.4 Å². The Bertz CT molecular complexity index is 360. The van der Waals surface area contributed by atoms with E-state index in [1.807, 2.05) is 0 Å². The van der Waals surface area contributed by atoms with Crippen LogP contribution in [-0.2, 0) is 14.6 Å². The molecule has 1 aliphatic carbocycles. The molecule has 2 N–H and O–H groups in total. The van der Waals surface area contributed by atoms with Crippen molar-refractivity contribution in [1.82, 2.24) is 0 Å². The number of carbonyl (C=O) groups is 1. The standard InChI is InChI=1S/C8H12O5S/c9-1-4-5-2-14(12,13)3-6(5)7(4)8(10)11/h4-7,9H,1-3H2,(H,10,11)/t4-,5+,6-,7-/m1/s1. The zero-order chi connectivity index (χ0) is 10.5. The zero-order valence-electron chi connectivity index (χ0n) is 7.46. The number of aliphatic carboxylic acids is 1. The van der Waals surface area contributed by atoms with Crippen LogP contribution in [0.15, 0.2) is 0 Å². The van der Waals surface area contributed by atoms with E-state index in [0.717, 1.165) is 0 Å². The Morgan fingerprint density at radius 3 is 2.36 bits per heavy atom. The molecular formula is C8H12O5S. The summed E-state index contributed by atoms with van der Waals surface area (Å²) in [6.07, 6.45) is 0. The van der Waals surface area contributed by atoms with E-state index in [4.69, 9.17) is 10.2 Å². The van der Waals surface area contributed by atoms with Crippen molar-refractivity contribution in [3.05, 3.63) is 0 Å². The molecule has 0 radical (unpaired) electrons. The molecule has 2 aliphatic rings. The van der Waals surface area contributed by atoms with Gasteiger partial charge in [0.2, 0.25) is 0 Å². The minimum absolute atomic E-state index is 0.0227. The third kappa shape index (κ3) is 1.25.